The van der Waals surface area contributed by atoms with E-state index in [0.29, 0.717) is 5.02 Å². The van der Waals surface area contributed by atoms with Crippen molar-refractivity contribution < 1.29 is 5.11 Å². The average molecular weight is 326 g/mol. The normalized spacial score (nSPS) is 12.4. The summed E-state index contributed by atoms with van der Waals surface area (Å²) in [5.74, 6) is 0. The molecule has 0 aliphatic heterocycles. The number of aliphatic hydroxyl groups is 1. The Bertz CT molecular complexity index is 554. The highest BCUT2D eigenvalue weighted by Gasteiger charge is 2.12. The maximum atomic E-state index is 10.4. The molecular weight excluding hydrogens is 312 g/mol. The van der Waals surface area contributed by atoms with E-state index in [-0.39, 0.29) is 0 Å². The van der Waals surface area contributed by atoms with Gasteiger partial charge in [-0.25, -0.2) is 0 Å². The fourth-order valence-corrected chi connectivity index (χ4v) is 2.29. The first-order valence-electron chi connectivity index (χ1n) is 5.83. The molecular formula is C15H14BrClO. The maximum absolute atomic E-state index is 10.4. The van der Waals surface area contributed by atoms with Crippen LogP contribution in [0.25, 0.3) is 0 Å². The number of hydrogen-bond acceptors (Lipinski definition) is 1. The lowest BCUT2D eigenvalue weighted by atomic mass is 9.99. The van der Waals surface area contributed by atoms with Crippen molar-refractivity contribution in [2.75, 3.05) is 0 Å². The predicted molar refractivity (Wildman–Crippen MR) is 79.0 cm³/mol. The van der Waals surface area contributed by atoms with E-state index >= 15 is 0 Å². The fraction of sp³-hybridized carbons (Fsp3) is 0.200. The summed E-state index contributed by atoms with van der Waals surface area (Å²) in [6, 6.07) is 13.5. The first-order valence-corrected chi connectivity index (χ1v) is 7.00. The van der Waals surface area contributed by atoms with Gasteiger partial charge in [-0.15, -0.1) is 0 Å². The van der Waals surface area contributed by atoms with Crippen LogP contribution in [-0.2, 0) is 6.42 Å². The number of aliphatic hydroxyl groups excluding tert-OH is 1. The summed E-state index contributed by atoms with van der Waals surface area (Å²) in [7, 11) is 0. The number of halogens is 2. The van der Waals surface area contributed by atoms with Gasteiger partial charge >= 0.3 is 0 Å². The second-order valence-electron chi connectivity index (χ2n) is 4.17. The van der Waals surface area contributed by atoms with Gasteiger partial charge in [0.25, 0.3) is 0 Å². The van der Waals surface area contributed by atoms with Crippen molar-refractivity contribution >= 4 is 27.5 Å². The highest BCUT2D eigenvalue weighted by atomic mass is 79.9. The zero-order valence-corrected chi connectivity index (χ0v) is 12.4. The van der Waals surface area contributed by atoms with E-state index in [1.165, 1.54) is 5.56 Å². The van der Waals surface area contributed by atoms with Crippen molar-refractivity contribution in [3.05, 3.63) is 68.7 Å². The molecule has 1 unspecified atom stereocenters. The Kier molecular flexibility index (Phi) is 4.44. The number of rotatable bonds is 3. The third-order valence-electron chi connectivity index (χ3n) is 2.93. The largest absolute Gasteiger partial charge is 0.384 e. The number of aryl methyl sites for hydroxylation is 1. The zero-order chi connectivity index (χ0) is 13.1. The van der Waals surface area contributed by atoms with Gasteiger partial charge in [-0.3, -0.25) is 0 Å². The van der Waals surface area contributed by atoms with Crippen LogP contribution >= 0.6 is 27.5 Å². The van der Waals surface area contributed by atoms with Crippen LogP contribution in [-0.4, -0.2) is 5.11 Å². The molecule has 0 aliphatic rings. The topological polar surface area (TPSA) is 20.2 Å². The van der Waals surface area contributed by atoms with Gasteiger partial charge < -0.3 is 5.11 Å². The molecule has 0 heterocycles. The van der Waals surface area contributed by atoms with Gasteiger partial charge in [-0.05, 0) is 51.2 Å². The van der Waals surface area contributed by atoms with Gasteiger partial charge in [0.15, 0.2) is 0 Å². The molecule has 2 aromatic carbocycles. The summed E-state index contributed by atoms with van der Waals surface area (Å²) in [6.07, 6.45) is 0.323. The standard InChI is InChI=1S/C15H14BrClO/c1-2-10-4-3-5-11(8-10)15(18)12-6-7-13(16)14(17)9-12/h3-9,15,18H,2H2,1H3. The van der Waals surface area contributed by atoms with Crippen LogP contribution in [0.1, 0.15) is 29.7 Å². The van der Waals surface area contributed by atoms with Crippen molar-refractivity contribution in [1.82, 2.24) is 0 Å². The second kappa shape index (κ2) is 5.87. The third kappa shape index (κ3) is 2.94. The van der Waals surface area contributed by atoms with Crippen LogP contribution in [0.15, 0.2) is 46.9 Å². The lowest BCUT2D eigenvalue weighted by Crippen LogP contribution is -2.00. The van der Waals surface area contributed by atoms with Crippen molar-refractivity contribution in [3.63, 3.8) is 0 Å². The van der Waals surface area contributed by atoms with Crippen LogP contribution in [0.2, 0.25) is 5.02 Å². The molecule has 2 aromatic rings. The Morgan fingerprint density at radius 2 is 1.89 bits per heavy atom. The highest BCUT2D eigenvalue weighted by Crippen LogP contribution is 2.29. The van der Waals surface area contributed by atoms with Gasteiger partial charge in [-0.1, -0.05) is 48.9 Å². The van der Waals surface area contributed by atoms with Crippen LogP contribution in [0.4, 0.5) is 0 Å². The van der Waals surface area contributed by atoms with E-state index in [9.17, 15) is 5.11 Å². The zero-order valence-electron chi connectivity index (χ0n) is 10.0. The van der Waals surface area contributed by atoms with Crippen LogP contribution < -0.4 is 0 Å². The van der Waals surface area contributed by atoms with Gasteiger partial charge in [0.05, 0.1) is 5.02 Å². The summed E-state index contributed by atoms with van der Waals surface area (Å²) in [5, 5.41) is 11.0. The molecule has 0 amide bonds. The van der Waals surface area contributed by atoms with Crippen molar-refractivity contribution in [1.29, 1.82) is 0 Å². The lowest BCUT2D eigenvalue weighted by Gasteiger charge is -2.13. The summed E-state index contributed by atoms with van der Waals surface area (Å²) < 4.78 is 0.836. The second-order valence-corrected chi connectivity index (χ2v) is 5.44. The minimum Gasteiger partial charge on any atom is -0.384 e. The van der Waals surface area contributed by atoms with Crippen molar-refractivity contribution in [3.8, 4) is 0 Å². The summed E-state index contributed by atoms with van der Waals surface area (Å²) in [6.45, 7) is 2.10. The van der Waals surface area contributed by atoms with Crippen LogP contribution in [0, 0.1) is 0 Å². The van der Waals surface area contributed by atoms with Crippen LogP contribution in [0.5, 0.6) is 0 Å². The van der Waals surface area contributed by atoms with Gasteiger partial charge in [0.2, 0.25) is 0 Å². The van der Waals surface area contributed by atoms with E-state index < -0.39 is 6.10 Å². The van der Waals surface area contributed by atoms with Crippen LogP contribution in [0.3, 0.4) is 0 Å². The predicted octanol–water partition coefficient (Wildman–Crippen LogP) is 4.75. The SMILES string of the molecule is CCc1cccc(C(O)c2ccc(Br)c(Cl)c2)c1. The molecule has 0 spiro atoms. The van der Waals surface area contributed by atoms with Crippen molar-refractivity contribution in [2.24, 2.45) is 0 Å². The van der Waals surface area contributed by atoms with E-state index in [1.807, 2.05) is 30.3 Å². The summed E-state index contributed by atoms with van der Waals surface area (Å²) in [5.41, 5.74) is 2.92. The molecule has 3 heteroatoms. The minimum atomic E-state index is -0.637. The molecule has 0 aromatic heterocycles. The maximum Gasteiger partial charge on any atom is 0.104 e. The van der Waals surface area contributed by atoms with E-state index in [0.717, 1.165) is 22.0 Å². The van der Waals surface area contributed by atoms with E-state index in [1.54, 1.807) is 6.07 Å². The Morgan fingerprint density at radius 3 is 2.56 bits per heavy atom. The molecule has 94 valence electrons. The van der Waals surface area contributed by atoms with E-state index in [2.05, 4.69) is 28.9 Å². The smallest absolute Gasteiger partial charge is 0.104 e. The highest BCUT2D eigenvalue weighted by molar-refractivity contribution is 9.10. The molecule has 1 atom stereocenters. The minimum absolute atomic E-state index is 0.609. The molecule has 0 bridgehead atoms. The molecule has 2 rings (SSSR count). The molecule has 1 N–H and O–H groups in total. The quantitative estimate of drug-likeness (QED) is 0.863. The molecule has 0 aliphatic carbocycles. The van der Waals surface area contributed by atoms with Gasteiger partial charge in [0.1, 0.15) is 6.10 Å². The number of hydrogen-bond donors (Lipinski definition) is 1. The Morgan fingerprint density at radius 1 is 1.17 bits per heavy atom. The fourth-order valence-electron chi connectivity index (χ4n) is 1.86. The monoisotopic (exact) mass is 324 g/mol. The Labute approximate surface area is 121 Å². The summed E-state index contributed by atoms with van der Waals surface area (Å²) >= 11 is 9.39. The molecule has 18 heavy (non-hydrogen) atoms. The Hall–Kier alpha value is -0.830. The Balaban J connectivity index is 2.34. The first-order chi connectivity index (χ1) is 8.61. The third-order valence-corrected chi connectivity index (χ3v) is 4.17. The molecule has 1 nitrogen and oxygen atoms in total. The average Bonchev–Trinajstić information content (AvgIpc) is 2.41. The van der Waals surface area contributed by atoms with E-state index in [4.69, 9.17) is 11.6 Å². The molecule has 0 fully saturated rings. The van der Waals surface area contributed by atoms with Gasteiger partial charge in [0, 0.05) is 4.47 Å². The van der Waals surface area contributed by atoms with Crippen molar-refractivity contribution in [2.45, 2.75) is 19.4 Å². The summed E-state index contributed by atoms with van der Waals surface area (Å²) in [4.78, 5) is 0. The first kappa shape index (κ1) is 13.6. The van der Waals surface area contributed by atoms with Gasteiger partial charge in [-0.2, -0.15) is 0 Å². The number of benzene rings is 2. The molecule has 0 saturated heterocycles. The lowest BCUT2D eigenvalue weighted by molar-refractivity contribution is 0.220. The molecule has 0 saturated carbocycles. The molecule has 0 radical (unpaired) electrons.